The van der Waals surface area contributed by atoms with E-state index in [9.17, 15) is 18.7 Å². The smallest absolute Gasteiger partial charge is 0.226 e. The van der Waals surface area contributed by atoms with Gasteiger partial charge in [-0.3, -0.25) is 4.79 Å². The summed E-state index contributed by atoms with van der Waals surface area (Å²) in [5.41, 5.74) is 0.797. The third-order valence-electron chi connectivity index (χ3n) is 4.25. The average Bonchev–Trinajstić information content (AvgIpc) is 2.99. The van der Waals surface area contributed by atoms with Crippen molar-refractivity contribution in [3.8, 4) is 5.75 Å². The molecule has 0 unspecified atom stereocenters. The summed E-state index contributed by atoms with van der Waals surface area (Å²) in [6.45, 7) is 0.407. The normalized spacial score (nSPS) is 19.9. The summed E-state index contributed by atoms with van der Waals surface area (Å²) in [6, 6.07) is 11.3. The molecule has 25 heavy (non-hydrogen) atoms. The zero-order chi connectivity index (χ0) is 17.8. The number of likely N-dealkylation sites (tertiary alicyclic amines) is 1. The highest BCUT2D eigenvalue weighted by molar-refractivity contribution is 5.77. The second-order valence-corrected chi connectivity index (χ2v) is 6.06. The first kappa shape index (κ1) is 17.4. The molecule has 1 aliphatic rings. The van der Waals surface area contributed by atoms with Crippen molar-refractivity contribution in [2.45, 2.75) is 25.0 Å². The van der Waals surface area contributed by atoms with Crippen LogP contribution in [0.15, 0.2) is 48.5 Å². The molecule has 1 N–H and O–H groups in total. The van der Waals surface area contributed by atoms with E-state index in [0.29, 0.717) is 12.2 Å². The summed E-state index contributed by atoms with van der Waals surface area (Å²) in [4.78, 5) is 14.1. The van der Waals surface area contributed by atoms with Crippen molar-refractivity contribution in [1.82, 2.24) is 4.90 Å². The van der Waals surface area contributed by atoms with Crippen LogP contribution in [0.4, 0.5) is 8.78 Å². The molecule has 3 rings (SSSR count). The van der Waals surface area contributed by atoms with Gasteiger partial charge in [-0.15, -0.1) is 0 Å². The number of carbonyl (C=O) groups is 1. The van der Waals surface area contributed by atoms with Crippen LogP contribution in [0, 0.1) is 11.6 Å². The summed E-state index contributed by atoms with van der Waals surface area (Å²) >= 11 is 0. The first-order chi connectivity index (χ1) is 12.0. The van der Waals surface area contributed by atoms with Gasteiger partial charge in [0.05, 0.1) is 25.2 Å². The number of ether oxygens (including phenoxy) is 1. The summed E-state index contributed by atoms with van der Waals surface area (Å²) in [5.74, 6) is -0.344. The van der Waals surface area contributed by atoms with Crippen molar-refractivity contribution < 1.29 is 23.4 Å². The van der Waals surface area contributed by atoms with E-state index in [0.717, 1.165) is 5.56 Å². The van der Waals surface area contributed by atoms with Gasteiger partial charge in [-0.25, -0.2) is 8.78 Å². The van der Waals surface area contributed by atoms with Gasteiger partial charge in [-0.2, -0.15) is 0 Å². The maximum absolute atomic E-state index is 13.1. The van der Waals surface area contributed by atoms with Gasteiger partial charge in [-0.1, -0.05) is 12.1 Å². The number of benzene rings is 2. The van der Waals surface area contributed by atoms with Crippen molar-refractivity contribution in [3.63, 3.8) is 0 Å². The zero-order valence-electron chi connectivity index (χ0n) is 13.6. The molecule has 0 saturated carbocycles. The van der Waals surface area contributed by atoms with E-state index in [2.05, 4.69) is 0 Å². The highest BCUT2D eigenvalue weighted by Crippen LogP contribution is 2.32. The van der Waals surface area contributed by atoms with Gasteiger partial charge in [0, 0.05) is 6.54 Å². The minimum Gasteiger partial charge on any atom is -0.493 e. The molecule has 4 nitrogen and oxygen atoms in total. The number of amides is 1. The molecule has 1 amide bonds. The quantitative estimate of drug-likeness (QED) is 0.904. The van der Waals surface area contributed by atoms with Gasteiger partial charge in [0.25, 0.3) is 0 Å². The lowest BCUT2D eigenvalue weighted by Gasteiger charge is -2.25. The Bertz CT molecular complexity index is 718. The molecule has 1 aliphatic heterocycles. The van der Waals surface area contributed by atoms with Crippen LogP contribution in [-0.4, -0.2) is 35.2 Å². The fraction of sp³-hybridized carbons (Fsp3) is 0.316. The Morgan fingerprint density at radius 2 is 1.68 bits per heavy atom. The Morgan fingerprint density at radius 3 is 2.32 bits per heavy atom. The number of rotatable bonds is 5. The van der Waals surface area contributed by atoms with Crippen LogP contribution in [0.25, 0.3) is 0 Å². The Balaban J connectivity index is 1.59. The maximum Gasteiger partial charge on any atom is 0.226 e. The Morgan fingerprint density at radius 1 is 1.08 bits per heavy atom. The van der Waals surface area contributed by atoms with E-state index in [-0.39, 0.29) is 43.2 Å². The van der Waals surface area contributed by atoms with Crippen molar-refractivity contribution in [2.24, 2.45) is 0 Å². The number of aliphatic hydroxyl groups excluding tert-OH is 1. The predicted octanol–water partition coefficient (Wildman–Crippen LogP) is 3.07. The van der Waals surface area contributed by atoms with E-state index in [1.165, 1.54) is 36.4 Å². The molecule has 1 heterocycles. The monoisotopic (exact) mass is 347 g/mol. The molecule has 132 valence electrons. The molecule has 0 bridgehead atoms. The van der Waals surface area contributed by atoms with Crippen molar-refractivity contribution >= 4 is 5.91 Å². The minimum atomic E-state index is -0.600. The lowest BCUT2D eigenvalue weighted by atomic mass is 10.0. The predicted molar refractivity (Wildman–Crippen MR) is 88.0 cm³/mol. The van der Waals surface area contributed by atoms with Crippen LogP contribution in [-0.2, 0) is 4.79 Å². The van der Waals surface area contributed by atoms with Gasteiger partial charge < -0.3 is 14.7 Å². The van der Waals surface area contributed by atoms with Crippen molar-refractivity contribution in [1.29, 1.82) is 0 Å². The van der Waals surface area contributed by atoms with Crippen LogP contribution in [0.1, 0.15) is 24.4 Å². The molecular weight excluding hydrogens is 328 g/mol. The third-order valence-corrected chi connectivity index (χ3v) is 4.25. The molecule has 2 aromatic rings. The standard InChI is InChI=1S/C19H19F2NO3/c20-14-3-1-13(2-4-14)18-11-16(23)12-22(18)19(24)9-10-25-17-7-5-15(21)6-8-17/h1-8,16,18,23H,9-12H2/t16-,18+/m1/s1. The number of β-amino-alcohol motifs (C(OH)–C–C–N with tert-alkyl or cyclic N) is 1. The molecule has 0 spiro atoms. The van der Waals surface area contributed by atoms with E-state index < -0.39 is 6.10 Å². The maximum atomic E-state index is 13.1. The summed E-state index contributed by atoms with van der Waals surface area (Å²) in [5, 5.41) is 9.93. The number of hydrogen-bond donors (Lipinski definition) is 1. The number of hydrogen-bond acceptors (Lipinski definition) is 3. The fourth-order valence-electron chi connectivity index (χ4n) is 3.02. The summed E-state index contributed by atoms with van der Waals surface area (Å²) in [7, 11) is 0. The van der Waals surface area contributed by atoms with Crippen molar-refractivity contribution in [2.75, 3.05) is 13.2 Å². The van der Waals surface area contributed by atoms with E-state index in [1.807, 2.05) is 0 Å². The lowest BCUT2D eigenvalue weighted by Crippen LogP contribution is -2.32. The van der Waals surface area contributed by atoms with Gasteiger partial charge in [0.1, 0.15) is 17.4 Å². The van der Waals surface area contributed by atoms with E-state index in [4.69, 9.17) is 4.74 Å². The molecule has 6 heteroatoms. The first-order valence-electron chi connectivity index (χ1n) is 8.14. The van der Waals surface area contributed by atoms with E-state index >= 15 is 0 Å². The van der Waals surface area contributed by atoms with Crippen LogP contribution in [0.5, 0.6) is 5.75 Å². The average molecular weight is 347 g/mol. The largest absolute Gasteiger partial charge is 0.493 e. The summed E-state index contributed by atoms with van der Waals surface area (Å²) < 4.78 is 31.4. The molecule has 1 fully saturated rings. The third kappa shape index (κ3) is 4.33. The Hall–Kier alpha value is -2.47. The topological polar surface area (TPSA) is 49.8 Å². The van der Waals surface area contributed by atoms with Gasteiger partial charge in [-0.05, 0) is 48.4 Å². The molecule has 2 aromatic carbocycles. The second-order valence-electron chi connectivity index (χ2n) is 6.06. The molecule has 0 aliphatic carbocycles. The number of aliphatic hydroxyl groups is 1. The highest BCUT2D eigenvalue weighted by Gasteiger charge is 2.34. The fourth-order valence-corrected chi connectivity index (χ4v) is 3.02. The number of carbonyl (C=O) groups excluding carboxylic acids is 1. The van der Waals surface area contributed by atoms with Crippen molar-refractivity contribution in [3.05, 3.63) is 65.7 Å². The van der Waals surface area contributed by atoms with Crippen LogP contribution in [0.3, 0.4) is 0 Å². The number of nitrogens with zero attached hydrogens (tertiary/aromatic N) is 1. The molecule has 1 saturated heterocycles. The SMILES string of the molecule is O=C(CCOc1ccc(F)cc1)N1C[C@H](O)C[C@H]1c1ccc(F)cc1. The van der Waals surface area contributed by atoms with E-state index in [1.54, 1.807) is 17.0 Å². The van der Waals surface area contributed by atoms with Gasteiger partial charge >= 0.3 is 0 Å². The van der Waals surface area contributed by atoms with Crippen LogP contribution >= 0.6 is 0 Å². The number of halogens is 2. The second kappa shape index (κ2) is 7.61. The van der Waals surface area contributed by atoms with Crippen LogP contribution < -0.4 is 4.74 Å². The Kier molecular flexibility index (Phi) is 5.28. The van der Waals surface area contributed by atoms with Crippen LogP contribution in [0.2, 0.25) is 0 Å². The zero-order valence-corrected chi connectivity index (χ0v) is 13.6. The Labute approximate surface area is 144 Å². The van der Waals surface area contributed by atoms with Gasteiger partial charge in [0.2, 0.25) is 5.91 Å². The molecule has 0 radical (unpaired) electrons. The molecule has 2 atom stereocenters. The molecular formula is C19H19F2NO3. The van der Waals surface area contributed by atoms with Gasteiger partial charge in [0.15, 0.2) is 0 Å². The highest BCUT2D eigenvalue weighted by atomic mass is 19.1. The minimum absolute atomic E-state index is 0.141. The summed E-state index contributed by atoms with van der Waals surface area (Å²) in [6.07, 6.45) is -0.0325. The lowest BCUT2D eigenvalue weighted by molar-refractivity contribution is -0.133. The molecule has 0 aromatic heterocycles. The first-order valence-corrected chi connectivity index (χ1v) is 8.14.